The number of benzene rings is 2. The van der Waals surface area contributed by atoms with Crippen LogP contribution in [0.15, 0.2) is 60.7 Å². The van der Waals surface area contributed by atoms with Crippen LogP contribution < -0.4 is 21.3 Å². The fourth-order valence-electron chi connectivity index (χ4n) is 6.19. The highest BCUT2D eigenvalue weighted by atomic mass is 28.4. The molecule has 6 atom stereocenters. The van der Waals surface area contributed by atoms with E-state index in [1.807, 2.05) is 50.2 Å². The van der Waals surface area contributed by atoms with Gasteiger partial charge in [-0.2, -0.15) is 0 Å². The Balaban J connectivity index is 1.70. The highest BCUT2D eigenvalue weighted by molar-refractivity contribution is 6.66. The van der Waals surface area contributed by atoms with Crippen LogP contribution in [0.4, 0.5) is 5.69 Å². The molecule has 1 fully saturated rings. The first-order chi connectivity index (χ1) is 22.7. The Morgan fingerprint density at radius 1 is 0.792 bits per heavy atom. The molecule has 0 aromatic heterocycles. The SMILES string of the molecule is CC(=O)C1CCCC1C(=O)N[C@@H](C)C(=O)N[C@@H](C)[Si](O)(O)C[C@@H](CCc1ccccc1)C(=O)N[C@@H](CC(C)C)C(=O)Nc1ccccc1. The molecular formula is C36H52N4O7Si. The van der Waals surface area contributed by atoms with Crippen molar-refractivity contribution in [2.24, 2.45) is 23.7 Å². The zero-order chi connectivity index (χ0) is 35.4. The second kappa shape index (κ2) is 18.0. The predicted molar refractivity (Wildman–Crippen MR) is 186 cm³/mol. The second-order valence-corrected chi connectivity index (χ2v) is 16.6. The third kappa shape index (κ3) is 11.7. The monoisotopic (exact) mass is 680 g/mol. The number of hydrogen-bond donors (Lipinski definition) is 6. The number of ketones is 1. The zero-order valence-corrected chi connectivity index (χ0v) is 29.7. The lowest BCUT2D eigenvalue weighted by Crippen LogP contribution is -2.60. The van der Waals surface area contributed by atoms with Crippen LogP contribution in [0.3, 0.4) is 0 Å². The van der Waals surface area contributed by atoms with E-state index in [0.717, 1.165) is 12.0 Å². The summed E-state index contributed by atoms with van der Waals surface area (Å²) in [6.45, 7) is 8.34. The van der Waals surface area contributed by atoms with Crippen LogP contribution in [0.5, 0.6) is 0 Å². The van der Waals surface area contributed by atoms with E-state index in [-0.39, 0.29) is 41.9 Å². The average Bonchev–Trinajstić information content (AvgIpc) is 3.54. The summed E-state index contributed by atoms with van der Waals surface area (Å²) in [5.41, 5.74) is 0.486. The van der Waals surface area contributed by atoms with Crippen molar-refractivity contribution in [3.8, 4) is 0 Å². The van der Waals surface area contributed by atoms with Crippen molar-refractivity contribution in [3.05, 3.63) is 66.2 Å². The van der Waals surface area contributed by atoms with Crippen molar-refractivity contribution in [2.45, 2.75) is 96.9 Å². The standard InChI is InChI=1S/C36H52N4O7Si/c1-23(2)21-32(36(45)39-29-15-10-7-11-16-29)40-34(43)28(20-19-27-13-8-6-9-14-27)22-48(46,47)26(5)38-33(42)24(3)37-35(44)31-18-12-17-30(31)25(4)41/h6-11,13-16,23-24,26,28,30-32,46-47H,12,17-22H2,1-5H3,(H,37,44)(H,38,42)(H,39,45)(H,40,43)/t24-,26+,28+,30?,31?,32-/m0/s1. The number of carbonyl (C=O) groups is 5. The maximum Gasteiger partial charge on any atom is 0.356 e. The Labute approximate surface area is 284 Å². The van der Waals surface area contributed by atoms with Gasteiger partial charge >= 0.3 is 8.56 Å². The first-order valence-corrected chi connectivity index (χ1v) is 19.1. The molecule has 262 valence electrons. The summed E-state index contributed by atoms with van der Waals surface area (Å²) < 4.78 is 0. The molecule has 0 bridgehead atoms. The minimum atomic E-state index is -4.29. The molecule has 0 aliphatic heterocycles. The topological polar surface area (TPSA) is 174 Å². The van der Waals surface area contributed by atoms with Crippen molar-refractivity contribution in [1.29, 1.82) is 0 Å². The first-order valence-electron chi connectivity index (χ1n) is 16.9. The minimum Gasteiger partial charge on any atom is -0.409 e. The van der Waals surface area contributed by atoms with E-state index in [0.29, 0.717) is 31.4 Å². The number of nitrogens with one attached hydrogen (secondary N) is 4. The lowest BCUT2D eigenvalue weighted by molar-refractivity contribution is -0.134. The normalized spacial score (nSPS) is 18.7. The van der Waals surface area contributed by atoms with E-state index in [1.165, 1.54) is 20.8 Å². The average molecular weight is 681 g/mol. The summed E-state index contributed by atoms with van der Waals surface area (Å²) in [5.74, 6) is -3.50. The van der Waals surface area contributed by atoms with E-state index in [9.17, 15) is 33.6 Å². The zero-order valence-electron chi connectivity index (χ0n) is 28.7. The van der Waals surface area contributed by atoms with Gasteiger partial charge in [0.25, 0.3) is 0 Å². The lowest BCUT2D eigenvalue weighted by Gasteiger charge is -2.31. The second-order valence-electron chi connectivity index (χ2n) is 13.6. The molecule has 2 aromatic carbocycles. The first kappa shape index (κ1) is 38.6. The summed E-state index contributed by atoms with van der Waals surface area (Å²) in [6.07, 6.45) is 3.12. The molecule has 1 aliphatic rings. The number of amides is 4. The van der Waals surface area contributed by atoms with Crippen molar-refractivity contribution < 1.29 is 33.6 Å². The van der Waals surface area contributed by atoms with E-state index in [1.54, 1.807) is 24.3 Å². The summed E-state index contributed by atoms with van der Waals surface area (Å²) >= 11 is 0. The molecule has 0 saturated heterocycles. The maximum absolute atomic E-state index is 13.8. The van der Waals surface area contributed by atoms with Gasteiger partial charge in [0.2, 0.25) is 23.6 Å². The number of Topliss-reactive ketones (excluding diaryl/α,β-unsaturated/α-hetero) is 1. The minimum absolute atomic E-state index is 0.0482. The largest absolute Gasteiger partial charge is 0.409 e. The molecule has 12 heteroatoms. The Bertz CT molecular complexity index is 1390. The number of para-hydroxylation sites is 1. The van der Waals surface area contributed by atoms with Crippen LogP contribution in [-0.4, -0.2) is 65.3 Å². The van der Waals surface area contributed by atoms with Crippen LogP contribution in [0.2, 0.25) is 6.04 Å². The molecule has 0 radical (unpaired) electrons. The van der Waals surface area contributed by atoms with Gasteiger partial charge in [-0.05, 0) is 76.5 Å². The molecule has 4 amide bonds. The summed E-state index contributed by atoms with van der Waals surface area (Å²) in [6, 6.07) is 16.3. The Morgan fingerprint density at radius 3 is 2.00 bits per heavy atom. The van der Waals surface area contributed by atoms with Crippen LogP contribution in [0.25, 0.3) is 0 Å². The van der Waals surface area contributed by atoms with Crippen molar-refractivity contribution in [1.82, 2.24) is 16.0 Å². The molecule has 48 heavy (non-hydrogen) atoms. The lowest BCUT2D eigenvalue weighted by atomic mass is 9.91. The predicted octanol–water partition coefficient (Wildman–Crippen LogP) is 3.39. The van der Waals surface area contributed by atoms with E-state index >= 15 is 0 Å². The van der Waals surface area contributed by atoms with Crippen LogP contribution in [-0.2, 0) is 30.4 Å². The van der Waals surface area contributed by atoms with Crippen molar-refractivity contribution in [2.75, 3.05) is 5.32 Å². The smallest absolute Gasteiger partial charge is 0.356 e. The molecule has 6 N–H and O–H groups in total. The van der Waals surface area contributed by atoms with Crippen molar-refractivity contribution >= 4 is 43.7 Å². The number of anilines is 1. The number of rotatable bonds is 17. The molecule has 2 aromatic rings. The van der Waals surface area contributed by atoms with Gasteiger partial charge in [0.1, 0.15) is 17.9 Å². The Morgan fingerprint density at radius 2 is 1.40 bits per heavy atom. The van der Waals surface area contributed by atoms with Gasteiger partial charge in [0.15, 0.2) is 0 Å². The van der Waals surface area contributed by atoms with Crippen LogP contribution in [0, 0.1) is 23.7 Å². The number of aryl methyl sites for hydroxylation is 1. The number of hydrogen-bond acceptors (Lipinski definition) is 7. The van der Waals surface area contributed by atoms with E-state index < -0.39 is 50.0 Å². The molecule has 11 nitrogen and oxygen atoms in total. The molecule has 1 aliphatic carbocycles. The fourth-order valence-corrected chi connectivity index (χ4v) is 8.04. The van der Waals surface area contributed by atoms with E-state index in [2.05, 4.69) is 21.3 Å². The van der Waals surface area contributed by atoms with Gasteiger partial charge in [-0.25, -0.2) is 0 Å². The van der Waals surface area contributed by atoms with Crippen molar-refractivity contribution in [3.63, 3.8) is 0 Å². The molecule has 3 rings (SSSR count). The molecule has 1 saturated carbocycles. The molecule has 0 heterocycles. The Hall–Kier alpha value is -3.87. The number of carbonyl (C=O) groups excluding carboxylic acids is 5. The van der Waals surface area contributed by atoms with Gasteiger partial charge in [0.05, 0.1) is 5.67 Å². The van der Waals surface area contributed by atoms with Gasteiger partial charge in [-0.1, -0.05) is 68.8 Å². The molecule has 0 spiro atoms. The van der Waals surface area contributed by atoms with Gasteiger partial charge in [-0.3, -0.25) is 24.0 Å². The van der Waals surface area contributed by atoms with Crippen LogP contribution >= 0.6 is 0 Å². The highest BCUT2D eigenvalue weighted by Gasteiger charge is 2.43. The van der Waals surface area contributed by atoms with Gasteiger partial charge in [0, 0.05) is 29.5 Å². The fraction of sp³-hybridized carbons (Fsp3) is 0.528. The molecular weight excluding hydrogens is 629 g/mol. The van der Waals surface area contributed by atoms with Crippen LogP contribution in [0.1, 0.15) is 72.3 Å². The quantitative estimate of drug-likeness (QED) is 0.139. The third-order valence-electron chi connectivity index (χ3n) is 9.10. The third-order valence-corrected chi connectivity index (χ3v) is 11.7. The highest BCUT2D eigenvalue weighted by Crippen LogP contribution is 2.32. The Kier molecular flexibility index (Phi) is 14.5. The molecule has 2 unspecified atom stereocenters. The summed E-state index contributed by atoms with van der Waals surface area (Å²) in [4.78, 5) is 87.7. The van der Waals surface area contributed by atoms with Gasteiger partial charge in [-0.15, -0.1) is 0 Å². The van der Waals surface area contributed by atoms with E-state index in [4.69, 9.17) is 0 Å². The summed E-state index contributed by atoms with van der Waals surface area (Å²) in [7, 11) is -4.29. The van der Waals surface area contributed by atoms with Gasteiger partial charge < -0.3 is 30.9 Å². The maximum atomic E-state index is 13.8. The summed E-state index contributed by atoms with van der Waals surface area (Å²) in [5, 5.41) is 11.0.